The Balaban J connectivity index is 2.94. The van der Waals surface area contributed by atoms with Gasteiger partial charge in [0.15, 0.2) is 8.32 Å². The molecule has 0 aliphatic heterocycles. The summed E-state index contributed by atoms with van der Waals surface area (Å²) in [5.41, 5.74) is 0. The fourth-order valence-electron chi connectivity index (χ4n) is 4.60. The summed E-state index contributed by atoms with van der Waals surface area (Å²) in [6, 6.07) is 0. The molecule has 1 fully saturated rings. The summed E-state index contributed by atoms with van der Waals surface area (Å²) in [5, 5.41) is 10.7. The van der Waals surface area contributed by atoms with Crippen LogP contribution < -0.4 is 0 Å². The highest BCUT2D eigenvalue weighted by Crippen LogP contribution is 2.43. The van der Waals surface area contributed by atoms with E-state index in [9.17, 15) is 19.5 Å². The van der Waals surface area contributed by atoms with Gasteiger partial charge in [-0.05, 0) is 43.3 Å². The maximum absolute atomic E-state index is 13.1. The zero-order valence-electron chi connectivity index (χ0n) is 24.1. The SMILES string of the molecule is CCCC[C@H](C)CC(O)C=C[C@H]1C(O[Si](C)(C)C(C)(C)C)CC(=O)[C@@H]1CC(=O)CCCCC(=O)OC. The lowest BCUT2D eigenvalue weighted by Gasteiger charge is -2.39. The van der Waals surface area contributed by atoms with Gasteiger partial charge in [-0.15, -0.1) is 0 Å². The minimum Gasteiger partial charge on any atom is -0.469 e. The number of unbranched alkanes of at least 4 members (excludes halogenated alkanes) is 2. The molecule has 1 saturated carbocycles. The number of aliphatic hydroxyl groups excluding tert-OH is 1. The smallest absolute Gasteiger partial charge is 0.305 e. The van der Waals surface area contributed by atoms with Crippen molar-refractivity contribution in [3.8, 4) is 0 Å². The van der Waals surface area contributed by atoms with E-state index in [1.54, 1.807) is 0 Å². The summed E-state index contributed by atoms with van der Waals surface area (Å²) in [6.45, 7) is 15.2. The molecule has 2 unspecified atom stereocenters. The van der Waals surface area contributed by atoms with Crippen molar-refractivity contribution >= 4 is 25.9 Å². The van der Waals surface area contributed by atoms with Gasteiger partial charge in [-0.1, -0.05) is 66.0 Å². The Labute approximate surface area is 220 Å². The van der Waals surface area contributed by atoms with E-state index < -0.39 is 20.3 Å². The van der Waals surface area contributed by atoms with Crippen molar-refractivity contribution in [2.45, 2.75) is 129 Å². The number of esters is 1. The summed E-state index contributed by atoms with van der Waals surface area (Å²) in [4.78, 5) is 37.2. The van der Waals surface area contributed by atoms with Crippen LogP contribution in [0.4, 0.5) is 0 Å². The van der Waals surface area contributed by atoms with Gasteiger partial charge in [-0.3, -0.25) is 14.4 Å². The highest BCUT2D eigenvalue weighted by atomic mass is 28.4. The third kappa shape index (κ3) is 11.0. The lowest BCUT2D eigenvalue weighted by atomic mass is 9.87. The summed E-state index contributed by atoms with van der Waals surface area (Å²) < 4.78 is 11.3. The first-order valence-corrected chi connectivity index (χ1v) is 16.8. The number of hydrogen-bond donors (Lipinski definition) is 1. The molecule has 0 aromatic carbocycles. The average Bonchev–Trinajstić information content (AvgIpc) is 3.05. The molecule has 5 atom stereocenters. The molecule has 0 saturated heterocycles. The van der Waals surface area contributed by atoms with Crippen molar-refractivity contribution in [2.24, 2.45) is 17.8 Å². The Hall–Kier alpha value is -1.31. The number of Topliss-reactive ketones (excluding diaryl/α,β-unsaturated/α-hetero) is 2. The van der Waals surface area contributed by atoms with Gasteiger partial charge in [-0.25, -0.2) is 0 Å². The van der Waals surface area contributed by atoms with Crippen molar-refractivity contribution < 1.29 is 28.7 Å². The molecule has 0 aromatic rings. The van der Waals surface area contributed by atoms with Crippen molar-refractivity contribution in [2.75, 3.05) is 7.11 Å². The summed E-state index contributed by atoms with van der Waals surface area (Å²) >= 11 is 0. The number of methoxy groups -OCH3 is 1. The summed E-state index contributed by atoms with van der Waals surface area (Å²) in [5.74, 6) is -0.372. The Bertz CT molecular complexity index is 739. The molecule has 0 bridgehead atoms. The first-order chi connectivity index (χ1) is 16.7. The first kappa shape index (κ1) is 32.7. The van der Waals surface area contributed by atoms with Crippen LogP contribution in [0.5, 0.6) is 0 Å². The minimum absolute atomic E-state index is 0.00603. The highest BCUT2D eigenvalue weighted by Gasteiger charge is 2.47. The zero-order valence-corrected chi connectivity index (χ0v) is 25.1. The number of carbonyl (C=O) groups is 3. The summed E-state index contributed by atoms with van der Waals surface area (Å²) in [6.07, 6.45) is 9.36. The predicted octanol–water partition coefficient (Wildman–Crippen LogP) is 6.41. The standard InChI is InChI=1S/C29H52O6Si/c1-9-10-13-21(2)18-23(31)16-17-24-25(19-22(30)14-11-12-15-28(33)34-6)26(32)20-27(24)35-36(7,8)29(3,4)5/h16-17,21,23-25,27,31H,9-15,18-20H2,1-8H3/t21-,23?,24+,25+,27?/m0/s1. The van der Waals surface area contributed by atoms with Crippen LogP contribution >= 0.6 is 0 Å². The molecule has 0 spiro atoms. The monoisotopic (exact) mass is 524 g/mol. The van der Waals surface area contributed by atoms with Crippen LogP contribution in [0.1, 0.15) is 98.8 Å². The van der Waals surface area contributed by atoms with E-state index in [0.29, 0.717) is 44.4 Å². The van der Waals surface area contributed by atoms with Crippen LogP contribution in [-0.4, -0.2) is 50.3 Å². The number of hydrogen-bond acceptors (Lipinski definition) is 6. The number of ketones is 2. The second kappa shape index (κ2) is 15.2. The van der Waals surface area contributed by atoms with E-state index >= 15 is 0 Å². The van der Waals surface area contributed by atoms with Crippen LogP contribution in [0.2, 0.25) is 18.1 Å². The van der Waals surface area contributed by atoms with Gasteiger partial charge in [0.2, 0.25) is 0 Å². The van der Waals surface area contributed by atoms with Crippen molar-refractivity contribution in [1.82, 2.24) is 0 Å². The topological polar surface area (TPSA) is 89.9 Å². The van der Waals surface area contributed by atoms with Gasteiger partial charge in [0.05, 0.1) is 19.3 Å². The normalized spacial score (nSPS) is 22.7. The van der Waals surface area contributed by atoms with Gasteiger partial charge >= 0.3 is 5.97 Å². The van der Waals surface area contributed by atoms with E-state index in [-0.39, 0.29) is 41.0 Å². The second-order valence-electron chi connectivity index (χ2n) is 12.2. The Kier molecular flexibility index (Phi) is 13.8. The average molecular weight is 525 g/mol. The fraction of sp³-hybridized carbons (Fsp3) is 0.828. The number of aliphatic hydroxyl groups is 1. The number of carbonyl (C=O) groups excluding carboxylic acids is 3. The Morgan fingerprint density at radius 2 is 1.81 bits per heavy atom. The van der Waals surface area contributed by atoms with Gasteiger partial charge in [0.1, 0.15) is 11.6 Å². The Morgan fingerprint density at radius 3 is 2.39 bits per heavy atom. The molecule has 6 nitrogen and oxygen atoms in total. The third-order valence-electron chi connectivity index (χ3n) is 7.97. The van der Waals surface area contributed by atoms with Crippen molar-refractivity contribution in [3.63, 3.8) is 0 Å². The van der Waals surface area contributed by atoms with E-state index in [1.807, 2.05) is 12.2 Å². The number of rotatable bonds is 16. The Morgan fingerprint density at radius 1 is 1.17 bits per heavy atom. The zero-order chi connectivity index (χ0) is 27.5. The van der Waals surface area contributed by atoms with E-state index in [0.717, 1.165) is 19.3 Å². The lowest BCUT2D eigenvalue weighted by molar-refractivity contribution is -0.140. The molecule has 36 heavy (non-hydrogen) atoms. The maximum atomic E-state index is 13.1. The fourth-order valence-corrected chi connectivity index (χ4v) is 5.95. The molecule has 0 aromatic heterocycles. The van der Waals surface area contributed by atoms with Crippen LogP contribution in [0.25, 0.3) is 0 Å². The molecule has 0 radical (unpaired) electrons. The molecular weight excluding hydrogens is 472 g/mol. The van der Waals surface area contributed by atoms with Crippen LogP contribution in [-0.2, 0) is 23.5 Å². The van der Waals surface area contributed by atoms with Gasteiger partial charge in [0, 0.05) is 37.5 Å². The van der Waals surface area contributed by atoms with E-state index in [1.165, 1.54) is 7.11 Å². The highest BCUT2D eigenvalue weighted by molar-refractivity contribution is 6.74. The van der Waals surface area contributed by atoms with Crippen LogP contribution in [0.15, 0.2) is 12.2 Å². The van der Waals surface area contributed by atoms with Gasteiger partial charge in [0.25, 0.3) is 0 Å². The summed E-state index contributed by atoms with van der Waals surface area (Å²) in [7, 11) is -0.767. The van der Waals surface area contributed by atoms with Crippen molar-refractivity contribution in [1.29, 1.82) is 0 Å². The minimum atomic E-state index is -2.13. The van der Waals surface area contributed by atoms with Crippen molar-refractivity contribution in [3.05, 3.63) is 12.2 Å². The first-order valence-electron chi connectivity index (χ1n) is 13.9. The quantitative estimate of drug-likeness (QED) is 0.109. The third-order valence-corrected chi connectivity index (χ3v) is 12.5. The molecule has 1 N–H and O–H groups in total. The second-order valence-corrected chi connectivity index (χ2v) is 17.0. The molecule has 0 heterocycles. The molecule has 1 rings (SSSR count). The molecule has 0 amide bonds. The maximum Gasteiger partial charge on any atom is 0.305 e. The lowest BCUT2D eigenvalue weighted by Crippen LogP contribution is -2.45. The van der Waals surface area contributed by atoms with E-state index in [4.69, 9.17) is 4.43 Å². The molecule has 7 heteroatoms. The van der Waals surface area contributed by atoms with Gasteiger partial charge in [-0.2, -0.15) is 0 Å². The predicted molar refractivity (Wildman–Crippen MR) is 147 cm³/mol. The van der Waals surface area contributed by atoms with Crippen LogP contribution in [0.3, 0.4) is 0 Å². The molecule has 1 aliphatic carbocycles. The molecule has 1 aliphatic rings. The largest absolute Gasteiger partial charge is 0.469 e. The van der Waals surface area contributed by atoms with Crippen LogP contribution in [0, 0.1) is 17.8 Å². The molecular formula is C29H52O6Si. The molecule has 208 valence electrons. The van der Waals surface area contributed by atoms with E-state index in [2.05, 4.69) is 52.4 Å². The number of ether oxygens (including phenoxy) is 1. The van der Waals surface area contributed by atoms with Gasteiger partial charge < -0.3 is 14.3 Å².